The number of nitrogens with one attached hydrogen (secondary N) is 1. The molecule has 162 valence electrons. The van der Waals surface area contributed by atoms with E-state index in [1.165, 1.54) is 47.4 Å². The first-order chi connectivity index (χ1) is 15.4. The molecule has 1 amide bonds. The Hall–Kier alpha value is -4.14. The van der Waals surface area contributed by atoms with Crippen LogP contribution in [0, 0.1) is 17.5 Å². The maximum atomic E-state index is 14.2. The van der Waals surface area contributed by atoms with Gasteiger partial charge in [0, 0.05) is 43.7 Å². The van der Waals surface area contributed by atoms with Crippen LogP contribution < -0.4 is 10.1 Å². The molecule has 0 saturated heterocycles. The van der Waals surface area contributed by atoms with Crippen LogP contribution in [0.25, 0.3) is 11.3 Å². The summed E-state index contributed by atoms with van der Waals surface area (Å²) in [6.45, 7) is 0.156. The van der Waals surface area contributed by atoms with Gasteiger partial charge in [0.25, 0.3) is 5.91 Å². The molecular formula is C23H17F3N4O2. The number of hydrogen-bond acceptors (Lipinski definition) is 4. The summed E-state index contributed by atoms with van der Waals surface area (Å²) in [7, 11) is 1.60. The van der Waals surface area contributed by atoms with Crippen molar-refractivity contribution in [1.29, 1.82) is 0 Å². The highest BCUT2D eigenvalue weighted by atomic mass is 19.1. The minimum Gasteiger partial charge on any atom is -0.439 e. The van der Waals surface area contributed by atoms with Crippen LogP contribution in [0.4, 0.5) is 13.2 Å². The molecule has 0 atom stereocenters. The zero-order valence-electron chi connectivity index (χ0n) is 16.8. The lowest BCUT2D eigenvalue weighted by molar-refractivity contribution is 0.0951. The van der Waals surface area contributed by atoms with E-state index in [2.05, 4.69) is 15.4 Å². The lowest BCUT2D eigenvalue weighted by Crippen LogP contribution is -2.23. The third kappa shape index (κ3) is 4.77. The van der Waals surface area contributed by atoms with Gasteiger partial charge in [-0.2, -0.15) is 5.10 Å². The Morgan fingerprint density at radius 2 is 1.78 bits per heavy atom. The molecule has 0 aliphatic rings. The van der Waals surface area contributed by atoms with Crippen molar-refractivity contribution >= 4 is 5.91 Å². The number of rotatable bonds is 6. The number of halogens is 3. The first kappa shape index (κ1) is 21.1. The molecule has 6 nitrogen and oxygen atoms in total. The van der Waals surface area contributed by atoms with E-state index in [4.69, 9.17) is 4.74 Å². The largest absolute Gasteiger partial charge is 0.439 e. The number of benzene rings is 2. The van der Waals surface area contributed by atoms with E-state index in [9.17, 15) is 18.0 Å². The predicted molar refractivity (Wildman–Crippen MR) is 110 cm³/mol. The van der Waals surface area contributed by atoms with E-state index in [0.717, 1.165) is 12.1 Å². The van der Waals surface area contributed by atoms with Crippen molar-refractivity contribution in [2.45, 2.75) is 6.54 Å². The molecule has 2 heterocycles. The number of aryl methyl sites for hydroxylation is 1. The molecule has 2 aromatic heterocycles. The van der Waals surface area contributed by atoms with Crippen molar-refractivity contribution in [3.63, 3.8) is 0 Å². The third-order valence-electron chi connectivity index (χ3n) is 4.55. The summed E-state index contributed by atoms with van der Waals surface area (Å²) in [6, 6.07) is 12.0. The van der Waals surface area contributed by atoms with Gasteiger partial charge in [0.1, 0.15) is 28.9 Å². The van der Waals surface area contributed by atoms with Crippen molar-refractivity contribution in [1.82, 2.24) is 20.1 Å². The summed E-state index contributed by atoms with van der Waals surface area (Å²) in [5.41, 5.74) is 0.996. The Labute approximate surface area is 181 Å². The zero-order chi connectivity index (χ0) is 22.7. The second kappa shape index (κ2) is 8.93. The van der Waals surface area contributed by atoms with Gasteiger partial charge in [0.2, 0.25) is 5.88 Å². The fourth-order valence-electron chi connectivity index (χ4n) is 3.01. The molecule has 0 saturated carbocycles. The van der Waals surface area contributed by atoms with Crippen molar-refractivity contribution < 1.29 is 22.7 Å². The van der Waals surface area contributed by atoms with Gasteiger partial charge in [-0.15, -0.1) is 0 Å². The summed E-state index contributed by atoms with van der Waals surface area (Å²) in [5.74, 6) is -1.60. The Bertz CT molecular complexity index is 1260. The lowest BCUT2D eigenvalue weighted by atomic mass is 10.1. The van der Waals surface area contributed by atoms with Gasteiger partial charge in [-0.25, -0.2) is 18.2 Å². The monoisotopic (exact) mass is 438 g/mol. The number of carbonyl (C=O) groups is 1. The number of amides is 1. The number of carbonyl (C=O) groups excluding carboxylic acids is 1. The minimum absolute atomic E-state index is 0.0288. The van der Waals surface area contributed by atoms with Crippen molar-refractivity contribution in [3.8, 4) is 22.9 Å². The molecule has 0 unspecified atom stereocenters. The standard InChI is InChI=1S/C23H17F3N4O2/c1-30-13-19(22(29-30)18-8-5-16(25)10-20(18)26)23(31)28-12-14-2-9-21(27-11-14)32-17-6-3-15(24)4-7-17/h2-11,13H,12H2,1H3,(H,28,31). The van der Waals surface area contributed by atoms with E-state index in [0.29, 0.717) is 17.2 Å². The third-order valence-corrected chi connectivity index (χ3v) is 4.55. The Kier molecular flexibility index (Phi) is 5.89. The molecule has 1 N–H and O–H groups in total. The molecule has 0 fully saturated rings. The van der Waals surface area contributed by atoms with Crippen LogP contribution in [0.2, 0.25) is 0 Å². The number of hydrogen-bond donors (Lipinski definition) is 1. The van der Waals surface area contributed by atoms with E-state index in [1.807, 2.05) is 0 Å². The number of nitrogens with zero attached hydrogens (tertiary/aromatic N) is 3. The first-order valence-electron chi connectivity index (χ1n) is 9.54. The quantitative estimate of drug-likeness (QED) is 0.477. The van der Waals surface area contributed by atoms with Gasteiger partial charge in [-0.3, -0.25) is 9.48 Å². The van der Waals surface area contributed by atoms with Crippen LogP contribution in [-0.4, -0.2) is 20.7 Å². The van der Waals surface area contributed by atoms with Crippen molar-refractivity contribution in [2.24, 2.45) is 7.05 Å². The van der Waals surface area contributed by atoms with Crippen LogP contribution in [0.3, 0.4) is 0 Å². The fraction of sp³-hybridized carbons (Fsp3) is 0.0870. The molecule has 32 heavy (non-hydrogen) atoms. The highest BCUT2D eigenvalue weighted by Crippen LogP contribution is 2.25. The van der Waals surface area contributed by atoms with Gasteiger partial charge in [-0.1, -0.05) is 6.07 Å². The second-order valence-corrected chi connectivity index (χ2v) is 6.93. The van der Waals surface area contributed by atoms with Gasteiger partial charge in [-0.05, 0) is 42.0 Å². The summed E-state index contributed by atoms with van der Waals surface area (Å²) < 4.78 is 47.3. The second-order valence-electron chi connectivity index (χ2n) is 6.93. The zero-order valence-corrected chi connectivity index (χ0v) is 16.8. The number of ether oxygens (including phenoxy) is 1. The van der Waals surface area contributed by atoms with E-state index in [-0.39, 0.29) is 29.2 Å². The lowest BCUT2D eigenvalue weighted by Gasteiger charge is -2.08. The Morgan fingerprint density at radius 3 is 2.47 bits per heavy atom. The number of aromatic nitrogens is 3. The average Bonchev–Trinajstić information content (AvgIpc) is 3.16. The van der Waals surface area contributed by atoms with Crippen LogP contribution in [0.15, 0.2) is 67.0 Å². The highest BCUT2D eigenvalue weighted by molar-refractivity contribution is 5.99. The van der Waals surface area contributed by atoms with Crippen LogP contribution >= 0.6 is 0 Å². The van der Waals surface area contributed by atoms with Gasteiger partial charge >= 0.3 is 0 Å². The van der Waals surface area contributed by atoms with Crippen molar-refractivity contribution in [2.75, 3.05) is 0 Å². The average molecular weight is 438 g/mol. The first-order valence-corrected chi connectivity index (χ1v) is 9.54. The van der Waals surface area contributed by atoms with E-state index < -0.39 is 17.5 Å². The molecule has 0 aliphatic heterocycles. The summed E-state index contributed by atoms with van der Waals surface area (Å²) >= 11 is 0. The number of pyridine rings is 1. The summed E-state index contributed by atoms with van der Waals surface area (Å²) in [4.78, 5) is 16.9. The molecule has 2 aromatic carbocycles. The molecule has 9 heteroatoms. The molecule has 0 spiro atoms. The van der Waals surface area contributed by atoms with Crippen molar-refractivity contribution in [3.05, 3.63) is 95.6 Å². The van der Waals surface area contributed by atoms with Crippen LogP contribution in [0.5, 0.6) is 11.6 Å². The summed E-state index contributed by atoms with van der Waals surface area (Å²) in [5, 5.41) is 6.88. The molecule has 0 aliphatic carbocycles. The molecule has 4 aromatic rings. The smallest absolute Gasteiger partial charge is 0.255 e. The Morgan fingerprint density at radius 1 is 1.03 bits per heavy atom. The van der Waals surface area contributed by atoms with Crippen LogP contribution in [0.1, 0.15) is 15.9 Å². The van der Waals surface area contributed by atoms with E-state index in [1.54, 1.807) is 19.2 Å². The molecule has 0 bridgehead atoms. The normalized spacial score (nSPS) is 10.8. The van der Waals surface area contributed by atoms with Gasteiger partial charge < -0.3 is 10.1 Å². The molecule has 0 radical (unpaired) electrons. The topological polar surface area (TPSA) is 69.0 Å². The Balaban J connectivity index is 1.43. The minimum atomic E-state index is -0.807. The van der Waals surface area contributed by atoms with Gasteiger partial charge in [0.05, 0.1) is 5.56 Å². The maximum Gasteiger partial charge on any atom is 0.255 e. The fourth-order valence-corrected chi connectivity index (χ4v) is 3.01. The molecular weight excluding hydrogens is 421 g/mol. The maximum absolute atomic E-state index is 14.2. The van der Waals surface area contributed by atoms with Gasteiger partial charge in [0.15, 0.2) is 0 Å². The highest BCUT2D eigenvalue weighted by Gasteiger charge is 2.20. The van der Waals surface area contributed by atoms with Crippen LogP contribution in [-0.2, 0) is 13.6 Å². The molecule has 4 rings (SSSR count). The summed E-state index contributed by atoms with van der Waals surface area (Å²) in [6.07, 6.45) is 2.99. The predicted octanol–water partition coefficient (Wildman–Crippen LogP) is 4.62. The SMILES string of the molecule is Cn1cc(C(=O)NCc2ccc(Oc3ccc(F)cc3)nc2)c(-c2ccc(F)cc2F)n1. The van der Waals surface area contributed by atoms with E-state index >= 15 is 0 Å².